The number of amides is 1. The number of hydrogen-bond acceptors (Lipinski definition) is 4. The number of fused-ring (bicyclic) bond motifs is 2. The summed E-state index contributed by atoms with van der Waals surface area (Å²) in [6.07, 6.45) is 7.16. The number of nitrogens with zero attached hydrogens (tertiary/aromatic N) is 4. The number of carbonyl (C=O) groups excluding carboxylic acids is 1. The van der Waals surface area contributed by atoms with Gasteiger partial charge in [-0.2, -0.15) is 0 Å². The van der Waals surface area contributed by atoms with Gasteiger partial charge in [-0.25, -0.2) is 4.98 Å². The van der Waals surface area contributed by atoms with Crippen LogP contribution >= 0.6 is 22.9 Å². The van der Waals surface area contributed by atoms with Crippen LogP contribution in [0.2, 0.25) is 5.02 Å². The molecule has 0 saturated carbocycles. The van der Waals surface area contributed by atoms with Crippen LogP contribution < -0.4 is 0 Å². The molecule has 2 aromatic heterocycles. The highest BCUT2D eigenvalue weighted by atomic mass is 35.5. The van der Waals surface area contributed by atoms with Crippen LogP contribution in [0.5, 0.6) is 0 Å². The van der Waals surface area contributed by atoms with Crippen molar-refractivity contribution in [1.82, 2.24) is 19.4 Å². The van der Waals surface area contributed by atoms with Crippen molar-refractivity contribution < 1.29 is 4.79 Å². The lowest BCUT2D eigenvalue weighted by atomic mass is 10.1. The van der Waals surface area contributed by atoms with Crippen molar-refractivity contribution in [2.75, 3.05) is 19.6 Å². The third kappa shape index (κ3) is 6.26. The molecular formula is C35H39ClN4OS. The summed E-state index contributed by atoms with van der Waals surface area (Å²) in [7, 11) is 0. The molecule has 1 aliphatic heterocycles. The molecule has 7 heteroatoms. The number of carbonyl (C=O) groups is 1. The first kappa shape index (κ1) is 28.9. The van der Waals surface area contributed by atoms with Gasteiger partial charge in [-0.1, -0.05) is 92.4 Å². The van der Waals surface area contributed by atoms with E-state index >= 15 is 0 Å². The van der Waals surface area contributed by atoms with Gasteiger partial charge in [0.2, 0.25) is 0 Å². The second kappa shape index (κ2) is 13.4. The van der Waals surface area contributed by atoms with E-state index in [1.165, 1.54) is 61.2 Å². The monoisotopic (exact) mass is 598 g/mol. The summed E-state index contributed by atoms with van der Waals surface area (Å²) in [4.78, 5) is 24.3. The molecule has 1 fully saturated rings. The van der Waals surface area contributed by atoms with Gasteiger partial charge in [-0.05, 0) is 61.7 Å². The summed E-state index contributed by atoms with van der Waals surface area (Å²) in [5, 5.41) is 1.49. The van der Waals surface area contributed by atoms with Crippen LogP contribution in [-0.4, -0.2) is 44.9 Å². The van der Waals surface area contributed by atoms with Crippen LogP contribution in [-0.2, 0) is 19.6 Å². The quantitative estimate of drug-likeness (QED) is 0.161. The summed E-state index contributed by atoms with van der Waals surface area (Å²) < 4.78 is 3.35. The summed E-state index contributed by atoms with van der Waals surface area (Å²) in [5.74, 6) is 0.886. The molecule has 3 heterocycles. The van der Waals surface area contributed by atoms with Gasteiger partial charge in [-0.3, -0.25) is 9.69 Å². The van der Waals surface area contributed by atoms with E-state index in [0.29, 0.717) is 23.0 Å². The second-order valence-electron chi connectivity index (χ2n) is 11.4. The van der Waals surface area contributed by atoms with E-state index in [-0.39, 0.29) is 5.91 Å². The van der Waals surface area contributed by atoms with E-state index < -0.39 is 0 Å². The molecule has 0 aliphatic carbocycles. The Morgan fingerprint density at radius 3 is 2.36 bits per heavy atom. The number of para-hydroxylation sites is 2. The smallest absolute Gasteiger partial charge is 0.265 e. The van der Waals surface area contributed by atoms with Crippen LogP contribution in [0.25, 0.3) is 21.1 Å². The number of hydrogen-bond donors (Lipinski definition) is 0. The molecule has 42 heavy (non-hydrogen) atoms. The van der Waals surface area contributed by atoms with Crippen molar-refractivity contribution in [2.45, 2.75) is 65.1 Å². The lowest BCUT2D eigenvalue weighted by Crippen LogP contribution is -2.32. The molecule has 6 rings (SSSR count). The number of benzene rings is 3. The van der Waals surface area contributed by atoms with Crippen molar-refractivity contribution in [3.05, 3.63) is 99.6 Å². The molecule has 0 unspecified atom stereocenters. The molecule has 1 amide bonds. The van der Waals surface area contributed by atoms with Crippen LogP contribution in [0.3, 0.4) is 0 Å². The highest BCUT2D eigenvalue weighted by molar-refractivity contribution is 7.21. The molecule has 0 radical (unpaired) electrons. The van der Waals surface area contributed by atoms with E-state index in [1.54, 1.807) is 0 Å². The number of rotatable bonds is 10. The van der Waals surface area contributed by atoms with Crippen LogP contribution in [0.1, 0.15) is 72.1 Å². The predicted molar refractivity (Wildman–Crippen MR) is 176 cm³/mol. The SMILES string of the molecule is CCCCN(Cc1nc2ccccc2n1Cc1ccccc1CN1CCCCCC1)C(=O)c1sc2ccccc2c1Cl. The fourth-order valence-electron chi connectivity index (χ4n) is 6.06. The first-order valence-corrected chi connectivity index (χ1v) is 16.5. The zero-order chi connectivity index (χ0) is 28.9. The van der Waals surface area contributed by atoms with Gasteiger partial charge >= 0.3 is 0 Å². The first-order valence-electron chi connectivity index (χ1n) is 15.3. The number of unbranched alkanes of at least 4 members (excludes halogenated alkanes) is 1. The normalized spacial score (nSPS) is 14.4. The largest absolute Gasteiger partial charge is 0.330 e. The van der Waals surface area contributed by atoms with Crippen LogP contribution in [0.4, 0.5) is 0 Å². The van der Waals surface area contributed by atoms with Gasteiger partial charge in [0, 0.05) is 29.7 Å². The Labute approximate surface area is 257 Å². The molecule has 218 valence electrons. The number of imidazole rings is 1. The number of aromatic nitrogens is 2. The Kier molecular flexibility index (Phi) is 9.23. The minimum atomic E-state index is -0.0187. The van der Waals surface area contributed by atoms with Gasteiger partial charge in [0.1, 0.15) is 10.7 Å². The molecular weight excluding hydrogens is 560 g/mol. The topological polar surface area (TPSA) is 41.4 Å². The molecule has 3 aromatic carbocycles. The fourth-order valence-corrected chi connectivity index (χ4v) is 7.54. The Morgan fingerprint density at radius 2 is 1.60 bits per heavy atom. The highest BCUT2D eigenvalue weighted by Gasteiger charge is 2.25. The lowest BCUT2D eigenvalue weighted by molar-refractivity contribution is 0.0740. The zero-order valence-electron chi connectivity index (χ0n) is 24.4. The molecule has 5 aromatic rings. The predicted octanol–water partition coefficient (Wildman–Crippen LogP) is 8.77. The van der Waals surface area contributed by atoms with Gasteiger partial charge in [-0.15, -0.1) is 11.3 Å². The van der Waals surface area contributed by atoms with E-state index in [0.717, 1.165) is 52.9 Å². The van der Waals surface area contributed by atoms with Crippen molar-refractivity contribution in [3.63, 3.8) is 0 Å². The maximum Gasteiger partial charge on any atom is 0.265 e. The van der Waals surface area contributed by atoms with E-state index in [9.17, 15) is 4.79 Å². The van der Waals surface area contributed by atoms with Crippen molar-refractivity contribution in [1.29, 1.82) is 0 Å². The fraction of sp³-hybridized carbons (Fsp3) is 0.371. The summed E-state index contributed by atoms with van der Waals surface area (Å²) in [6.45, 7) is 7.29. The average molecular weight is 599 g/mol. The second-order valence-corrected chi connectivity index (χ2v) is 12.8. The molecule has 0 bridgehead atoms. The van der Waals surface area contributed by atoms with Gasteiger partial charge < -0.3 is 9.47 Å². The summed E-state index contributed by atoms with van der Waals surface area (Å²) >= 11 is 8.26. The summed E-state index contributed by atoms with van der Waals surface area (Å²) in [6, 6.07) is 25.1. The van der Waals surface area contributed by atoms with Crippen molar-refractivity contribution >= 4 is 50.0 Å². The van der Waals surface area contributed by atoms with E-state index in [2.05, 4.69) is 58.9 Å². The standard InChI is InChI=1S/C35H39ClN4OS/c1-2-3-22-39(35(41)34-33(36)28-16-8-11-19-31(28)42-34)25-32-37-29-17-9-10-18-30(29)40(32)24-27-15-7-6-14-26(27)23-38-20-12-4-5-13-21-38/h6-11,14-19H,2-5,12-13,20-25H2,1H3. The zero-order valence-corrected chi connectivity index (χ0v) is 26.0. The third-order valence-corrected chi connectivity index (χ3v) is 10.1. The molecule has 0 atom stereocenters. The minimum absolute atomic E-state index is 0.0187. The molecule has 1 saturated heterocycles. The first-order chi connectivity index (χ1) is 20.6. The minimum Gasteiger partial charge on any atom is -0.330 e. The Morgan fingerprint density at radius 1 is 0.905 bits per heavy atom. The molecule has 1 aliphatic rings. The number of thiophene rings is 1. The Balaban J connectivity index is 1.33. The Hall–Kier alpha value is -3.19. The van der Waals surface area contributed by atoms with Gasteiger partial charge in [0.25, 0.3) is 5.91 Å². The van der Waals surface area contributed by atoms with E-state index in [4.69, 9.17) is 16.6 Å². The highest BCUT2D eigenvalue weighted by Crippen LogP contribution is 2.36. The third-order valence-electron chi connectivity index (χ3n) is 8.40. The number of likely N-dealkylation sites (tertiary alicyclic amines) is 1. The van der Waals surface area contributed by atoms with Crippen molar-refractivity contribution in [3.8, 4) is 0 Å². The molecule has 0 N–H and O–H groups in total. The maximum absolute atomic E-state index is 14.0. The maximum atomic E-state index is 14.0. The van der Waals surface area contributed by atoms with Crippen LogP contribution in [0, 0.1) is 0 Å². The molecule has 5 nitrogen and oxygen atoms in total. The van der Waals surface area contributed by atoms with E-state index in [1.807, 2.05) is 35.2 Å². The molecule has 0 spiro atoms. The van der Waals surface area contributed by atoms with Gasteiger partial charge in [0.05, 0.1) is 22.6 Å². The van der Waals surface area contributed by atoms with Gasteiger partial charge in [0.15, 0.2) is 0 Å². The summed E-state index contributed by atoms with van der Waals surface area (Å²) in [5.41, 5.74) is 4.74. The number of halogens is 1. The lowest BCUT2D eigenvalue weighted by Gasteiger charge is -2.24. The average Bonchev–Trinajstić information content (AvgIpc) is 3.40. The Bertz CT molecular complexity index is 1670. The van der Waals surface area contributed by atoms with Crippen LogP contribution in [0.15, 0.2) is 72.8 Å². The van der Waals surface area contributed by atoms with Crippen molar-refractivity contribution in [2.24, 2.45) is 0 Å².